The molecule has 0 saturated carbocycles. The van der Waals surface area contributed by atoms with Gasteiger partial charge in [0.05, 0.1) is 13.2 Å². The Kier molecular flexibility index (Phi) is 10.0. The van der Waals surface area contributed by atoms with E-state index in [0.717, 1.165) is 25.8 Å². The Hall–Kier alpha value is -0.500. The van der Waals surface area contributed by atoms with Crippen LogP contribution in [0.4, 0.5) is 0 Å². The third-order valence-corrected chi connectivity index (χ3v) is 3.29. The first-order chi connectivity index (χ1) is 8.89. The first kappa shape index (κ1) is 18.5. The molecule has 0 aromatic heterocycles. The summed E-state index contributed by atoms with van der Waals surface area (Å²) < 4.78 is 20.5. The zero-order valence-electron chi connectivity index (χ0n) is 11.1. The molecule has 19 heavy (non-hydrogen) atoms. The molecule has 9 heteroatoms. The molecule has 2 unspecified atom stereocenters. The van der Waals surface area contributed by atoms with E-state index in [-0.39, 0.29) is 6.61 Å². The molecule has 0 aliphatic heterocycles. The largest absolute Gasteiger partial charge is 0.480 e. The summed E-state index contributed by atoms with van der Waals surface area (Å²) >= 11 is 0. The lowest BCUT2D eigenvalue weighted by molar-refractivity contribution is -0.139. The van der Waals surface area contributed by atoms with Gasteiger partial charge in [0.2, 0.25) is 0 Å². The normalized spacial score (nSPS) is 15.9. The maximum atomic E-state index is 11.3. The number of hydrogen-bond acceptors (Lipinski definition) is 6. The molecular weight excluding hydrogens is 275 g/mol. The van der Waals surface area contributed by atoms with Crippen LogP contribution in [0.3, 0.4) is 0 Å². The highest BCUT2D eigenvalue weighted by atomic mass is 31.2. The molecule has 0 spiro atoms. The summed E-state index contributed by atoms with van der Waals surface area (Å²) in [6, 6.07) is -1.34. The second-order valence-corrected chi connectivity index (χ2v) is 5.51. The molecule has 0 bridgehead atoms. The van der Waals surface area contributed by atoms with Gasteiger partial charge in [0, 0.05) is 0 Å². The van der Waals surface area contributed by atoms with Crippen molar-refractivity contribution in [3.63, 3.8) is 0 Å². The first-order valence-electron chi connectivity index (χ1n) is 6.14. The zero-order valence-corrected chi connectivity index (χ0v) is 12.0. The minimum absolute atomic E-state index is 0.0929. The second-order valence-electron chi connectivity index (χ2n) is 4.06. The average molecular weight is 298 g/mol. The van der Waals surface area contributed by atoms with Crippen LogP contribution in [-0.2, 0) is 18.4 Å². The SMILES string of the molecule is CNCCCCCCOP(=O)(O)OCC(N)C(=O)O. The van der Waals surface area contributed by atoms with E-state index in [1.54, 1.807) is 0 Å². The molecule has 0 aliphatic carbocycles. The Balaban J connectivity index is 3.62. The van der Waals surface area contributed by atoms with Gasteiger partial charge < -0.3 is 21.1 Å². The third-order valence-electron chi connectivity index (χ3n) is 2.31. The number of nitrogens with two attached hydrogens (primary N) is 1. The average Bonchev–Trinajstić information content (AvgIpc) is 2.34. The van der Waals surface area contributed by atoms with Crippen LogP contribution in [-0.4, -0.2) is 48.8 Å². The molecule has 0 saturated heterocycles. The van der Waals surface area contributed by atoms with Gasteiger partial charge in [-0.1, -0.05) is 12.8 Å². The fourth-order valence-corrected chi connectivity index (χ4v) is 2.00. The number of rotatable bonds is 12. The van der Waals surface area contributed by atoms with Crippen LogP contribution in [0.1, 0.15) is 25.7 Å². The van der Waals surface area contributed by atoms with Crippen LogP contribution in [0, 0.1) is 0 Å². The van der Waals surface area contributed by atoms with Gasteiger partial charge in [0.25, 0.3) is 0 Å². The molecule has 0 aliphatic rings. The zero-order chi connectivity index (χ0) is 14.7. The van der Waals surface area contributed by atoms with Crippen molar-refractivity contribution >= 4 is 13.8 Å². The van der Waals surface area contributed by atoms with E-state index in [9.17, 15) is 14.3 Å². The van der Waals surface area contributed by atoms with Crippen LogP contribution in [0.15, 0.2) is 0 Å². The predicted molar refractivity (Wildman–Crippen MR) is 69.7 cm³/mol. The molecule has 0 aromatic carbocycles. The van der Waals surface area contributed by atoms with Gasteiger partial charge in [0.15, 0.2) is 0 Å². The topological polar surface area (TPSA) is 131 Å². The Morgan fingerprint density at radius 1 is 1.32 bits per heavy atom. The summed E-state index contributed by atoms with van der Waals surface area (Å²) in [5.41, 5.74) is 5.13. The summed E-state index contributed by atoms with van der Waals surface area (Å²) in [5, 5.41) is 11.5. The molecule has 0 aromatic rings. The number of unbranched alkanes of at least 4 members (excludes halogenated alkanes) is 3. The van der Waals surface area contributed by atoms with Gasteiger partial charge in [-0.05, 0) is 26.4 Å². The quantitative estimate of drug-likeness (QED) is 0.299. The third kappa shape index (κ3) is 11.1. The van der Waals surface area contributed by atoms with E-state index < -0.39 is 26.4 Å². The van der Waals surface area contributed by atoms with Gasteiger partial charge in [-0.2, -0.15) is 0 Å². The van der Waals surface area contributed by atoms with Crippen LogP contribution in [0.5, 0.6) is 0 Å². The van der Waals surface area contributed by atoms with Crippen LogP contribution < -0.4 is 11.1 Å². The van der Waals surface area contributed by atoms with Crippen molar-refractivity contribution in [1.82, 2.24) is 5.32 Å². The number of aliphatic carboxylic acids is 1. The summed E-state index contributed by atoms with van der Waals surface area (Å²) in [6.45, 7) is 0.469. The standard InChI is InChI=1S/C10H23N2O6P/c1-12-6-4-2-3-5-7-17-19(15,16)18-8-9(11)10(13)14/h9,12H,2-8,11H2,1H3,(H,13,14)(H,15,16). The van der Waals surface area contributed by atoms with E-state index in [1.807, 2.05) is 7.05 Å². The maximum absolute atomic E-state index is 11.3. The lowest BCUT2D eigenvalue weighted by atomic mass is 10.2. The van der Waals surface area contributed by atoms with E-state index in [0.29, 0.717) is 6.42 Å². The van der Waals surface area contributed by atoms with Gasteiger partial charge in [-0.25, -0.2) is 4.57 Å². The van der Waals surface area contributed by atoms with Crippen molar-refractivity contribution < 1.29 is 28.4 Å². The van der Waals surface area contributed by atoms with E-state index in [1.165, 1.54) is 0 Å². The van der Waals surface area contributed by atoms with Gasteiger partial charge >= 0.3 is 13.8 Å². The van der Waals surface area contributed by atoms with Crippen molar-refractivity contribution in [3.05, 3.63) is 0 Å². The Morgan fingerprint density at radius 2 is 1.95 bits per heavy atom. The van der Waals surface area contributed by atoms with Crippen molar-refractivity contribution in [2.24, 2.45) is 5.73 Å². The van der Waals surface area contributed by atoms with Crippen molar-refractivity contribution in [2.45, 2.75) is 31.7 Å². The number of phosphoric acid groups is 1. The van der Waals surface area contributed by atoms with Gasteiger partial charge in [-0.3, -0.25) is 13.8 Å². The van der Waals surface area contributed by atoms with Gasteiger partial charge in [0.1, 0.15) is 6.04 Å². The minimum Gasteiger partial charge on any atom is -0.480 e. The van der Waals surface area contributed by atoms with Crippen LogP contribution >= 0.6 is 7.82 Å². The fraction of sp³-hybridized carbons (Fsp3) is 0.900. The van der Waals surface area contributed by atoms with Gasteiger partial charge in [-0.15, -0.1) is 0 Å². The highest BCUT2D eigenvalue weighted by Crippen LogP contribution is 2.43. The number of carboxylic acid groups (broad SMARTS) is 1. The fourth-order valence-electron chi connectivity index (χ4n) is 1.22. The van der Waals surface area contributed by atoms with Crippen molar-refractivity contribution in [1.29, 1.82) is 0 Å². The molecule has 8 nitrogen and oxygen atoms in total. The summed E-state index contributed by atoms with van der Waals surface area (Å²) in [7, 11) is -2.32. The number of carboxylic acids is 1. The Labute approximate surface area is 112 Å². The van der Waals surface area contributed by atoms with Crippen molar-refractivity contribution in [3.8, 4) is 0 Å². The smallest absolute Gasteiger partial charge is 0.472 e. The molecule has 0 rings (SSSR count). The van der Waals surface area contributed by atoms with E-state index in [2.05, 4.69) is 9.84 Å². The molecule has 114 valence electrons. The maximum Gasteiger partial charge on any atom is 0.472 e. The second kappa shape index (κ2) is 10.3. The number of nitrogens with one attached hydrogen (secondary N) is 1. The number of carbonyl (C=O) groups is 1. The minimum atomic E-state index is -4.20. The lowest BCUT2D eigenvalue weighted by Crippen LogP contribution is -2.34. The Morgan fingerprint density at radius 3 is 2.53 bits per heavy atom. The summed E-state index contributed by atoms with van der Waals surface area (Å²) in [4.78, 5) is 19.6. The Bertz CT molecular complexity index is 302. The van der Waals surface area contributed by atoms with Crippen LogP contribution in [0.25, 0.3) is 0 Å². The molecule has 0 heterocycles. The molecule has 2 atom stereocenters. The highest BCUT2D eigenvalue weighted by Gasteiger charge is 2.24. The highest BCUT2D eigenvalue weighted by molar-refractivity contribution is 7.47. The molecular formula is C10H23N2O6P. The lowest BCUT2D eigenvalue weighted by Gasteiger charge is -2.13. The monoisotopic (exact) mass is 298 g/mol. The molecule has 0 radical (unpaired) electrons. The van der Waals surface area contributed by atoms with Crippen LogP contribution in [0.2, 0.25) is 0 Å². The molecule has 0 fully saturated rings. The molecule has 5 N–H and O–H groups in total. The summed E-state index contributed by atoms with van der Waals surface area (Å²) in [5.74, 6) is -1.30. The van der Waals surface area contributed by atoms with Crippen molar-refractivity contribution in [2.75, 3.05) is 26.8 Å². The summed E-state index contributed by atoms with van der Waals surface area (Å²) in [6.07, 6.45) is 3.57. The first-order valence-corrected chi connectivity index (χ1v) is 7.63. The number of phosphoric ester groups is 1. The predicted octanol–water partition coefficient (Wildman–Crippen LogP) is 0.312. The van der Waals surface area contributed by atoms with E-state index >= 15 is 0 Å². The number of hydrogen-bond donors (Lipinski definition) is 4. The van der Waals surface area contributed by atoms with E-state index in [4.69, 9.17) is 15.4 Å². The molecule has 0 amide bonds.